The monoisotopic (exact) mass is 308 g/mol. The summed E-state index contributed by atoms with van der Waals surface area (Å²) in [4.78, 5) is 31.8. The summed E-state index contributed by atoms with van der Waals surface area (Å²) >= 11 is 0. The van der Waals surface area contributed by atoms with Crippen LogP contribution >= 0.6 is 20.2 Å². The van der Waals surface area contributed by atoms with Gasteiger partial charge in [-0.15, -0.1) is 12.4 Å². The van der Waals surface area contributed by atoms with E-state index in [4.69, 9.17) is 41.2 Å². The van der Waals surface area contributed by atoms with Crippen LogP contribution in [-0.4, -0.2) is 44.3 Å². The number of rotatable bonds is 5. The molecule has 10 N–H and O–H groups in total. The summed E-state index contributed by atoms with van der Waals surface area (Å²) < 4.78 is 8.88. The lowest BCUT2D eigenvalue weighted by Crippen LogP contribution is -2.34. The van der Waals surface area contributed by atoms with E-state index in [1.54, 1.807) is 0 Å². The van der Waals surface area contributed by atoms with Crippen molar-refractivity contribution in [1.82, 2.24) is 5.32 Å². The molecule has 0 amide bonds. The van der Waals surface area contributed by atoms with Crippen LogP contribution in [0.5, 0.6) is 0 Å². The number of carboxylic acids is 1. The van der Waals surface area contributed by atoms with Gasteiger partial charge < -0.3 is 36.6 Å². The van der Waals surface area contributed by atoms with Gasteiger partial charge >= 0.3 is 13.8 Å². The maximum absolute atomic E-state index is 10.2. The number of carboxylic acid groups (broad SMARTS) is 1. The van der Waals surface area contributed by atoms with E-state index in [-0.39, 0.29) is 18.4 Å². The lowest BCUT2D eigenvalue weighted by Gasteiger charge is -2.06. The fourth-order valence-electron chi connectivity index (χ4n) is 0.669. The Bertz CT molecular complexity index is 290. The molecule has 110 valence electrons. The quantitative estimate of drug-likeness (QED) is 0.124. The molecule has 0 aliphatic heterocycles. The highest BCUT2D eigenvalue weighted by Crippen LogP contribution is 2.25. The van der Waals surface area contributed by atoms with E-state index in [1.807, 2.05) is 0 Å². The Kier molecular flexibility index (Phi) is 13.9. The Morgan fingerprint density at radius 3 is 2.06 bits per heavy atom. The molecule has 0 aromatic rings. The second kappa shape index (κ2) is 11.2. The van der Waals surface area contributed by atoms with Gasteiger partial charge in [0.1, 0.15) is 6.04 Å². The van der Waals surface area contributed by atoms with Gasteiger partial charge in [0.2, 0.25) is 0 Å². The Hall–Kier alpha value is -0.900. The lowest BCUT2D eigenvalue weighted by atomic mass is 10.2. The van der Waals surface area contributed by atoms with Gasteiger partial charge in [0.05, 0.1) is 0 Å². The minimum atomic E-state index is -4.64. The van der Waals surface area contributed by atoms with Crippen LogP contribution in [0, 0.1) is 5.41 Å². The predicted molar refractivity (Wildman–Crippen MR) is 66.3 cm³/mol. The van der Waals surface area contributed by atoms with Crippen molar-refractivity contribution in [3.05, 3.63) is 0 Å². The third-order valence-corrected chi connectivity index (χ3v) is 1.32. The molecule has 12 heteroatoms. The van der Waals surface area contributed by atoms with Crippen LogP contribution < -0.4 is 16.8 Å². The number of carbonyl (C=O) groups is 1. The van der Waals surface area contributed by atoms with Gasteiger partial charge in [-0.1, -0.05) is 0 Å². The van der Waals surface area contributed by atoms with E-state index in [2.05, 4.69) is 5.32 Å². The standard InChI is InChI=1S/C6H14N4O2.ClH.H3O4P/c7-4(5(11)12)2-1-3-10-6(8)9;;1-5(2,3)4/h4H,1-3,7H2,(H,11,12)(H4,8,9,10);1H;(H3,1,2,3,4). The van der Waals surface area contributed by atoms with Crippen molar-refractivity contribution in [3.63, 3.8) is 0 Å². The van der Waals surface area contributed by atoms with Crippen molar-refractivity contribution < 1.29 is 29.1 Å². The molecule has 0 heterocycles. The van der Waals surface area contributed by atoms with Crippen LogP contribution in [0.25, 0.3) is 0 Å². The zero-order valence-electron chi connectivity index (χ0n) is 9.31. The maximum Gasteiger partial charge on any atom is 0.466 e. The Morgan fingerprint density at radius 2 is 1.78 bits per heavy atom. The highest BCUT2D eigenvalue weighted by Gasteiger charge is 2.09. The predicted octanol–water partition coefficient (Wildman–Crippen LogP) is -1.85. The second-order valence-corrected chi connectivity index (χ2v) is 3.97. The summed E-state index contributed by atoms with van der Waals surface area (Å²) in [7, 11) is -4.64. The van der Waals surface area contributed by atoms with Crippen molar-refractivity contribution >= 4 is 32.2 Å². The third kappa shape index (κ3) is 29.4. The Balaban J connectivity index is -0.000000321. The smallest absolute Gasteiger partial charge is 0.466 e. The first-order chi connectivity index (χ1) is 7.54. The number of nitrogens with one attached hydrogen (secondary N) is 2. The summed E-state index contributed by atoms with van der Waals surface area (Å²) in [6.45, 7) is 0.482. The van der Waals surface area contributed by atoms with Gasteiger partial charge in [0.25, 0.3) is 0 Å². The van der Waals surface area contributed by atoms with Crippen LogP contribution in [-0.2, 0) is 9.36 Å². The molecule has 0 aliphatic carbocycles. The number of guanidine groups is 1. The van der Waals surface area contributed by atoms with Crippen molar-refractivity contribution in [2.24, 2.45) is 11.5 Å². The van der Waals surface area contributed by atoms with E-state index in [0.29, 0.717) is 19.4 Å². The number of phosphoric acid groups is 1. The normalized spacial score (nSPS) is 11.3. The molecule has 1 atom stereocenters. The molecule has 1 unspecified atom stereocenters. The van der Waals surface area contributed by atoms with Gasteiger partial charge in [-0.05, 0) is 12.8 Å². The summed E-state index contributed by atoms with van der Waals surface area (Å²) in [5.74, 6) is -1.11. The number of aliphatic carboxylic acids is 1. The van der Waals surface area contributed by atoms with Crippen molar-refractivity contribution in [2.45, 2.75) is 18.9 Å². The molecule has 0 radical (unpaired) electrons. The molecule has 18 heavy (non-hydrogen) atoms. The van der Waals surface area contributed by atoms with Crippen molar-refractivity contribution in [3.8, 4) is 0 Å². The average molecular weight is 309 g/mol. The average Bonchev–Trinajstić information content (AvgIpc) is 2.08. The highest BCUT2D eigenvalue weighted by atomic mass is 35.5. The van der Waals surface area contributed by atoms with Crippen LogP contribution in [0.4, 0.5) is 0 Å². The van der Waals surface area contributed by atoms with Crippen molar-refractivity contribution in [2.75, 3.05) is 6.54 Å². The Morgan fingerprint density at radius 1 is 1.39 bits per heavy atom. The topological polar surface area (TPSA) is 203 Å². The van der Waals surface area contributed by atoms with Crippen LogP contribution in [0.2, 0.25) is 0 Å². The lowest BCUT2D eigenvalue weighted by molar-refractivity contribution is -0.138. The molecule has 0 aromatic carbocycles. The van der Waals surface area contributed by atoms with E-state index in [9.17, 15) is 4.79 Å². The van der Waals surface area contributed by atoms with Gasteiger partial charge in [-0.2, -0.15) is 0 Å². The van der Waals surface area contributed by atoms with E-state index in [1.165, 1.54) is 0 Å². The fraction of sp³-hybridized carbons (Fsp3) is 0.667. The number of nitrogens with two attached hydrogens (primary N) is 2. The first-order valence-electron chi connectivity index (χ1n) is 4.38. The second-order valence-electron chi connectivity index (χ2n) is 2.94. The summed E-state index contributed by atoms with van der Waals surface area (Å²) in [5, 5.41) is 17.7. The fourth-order valence-corrected chi connectivity index (χ4v) is 0.669. The molecule has 0 fully saturated rings. The molecule has 0 aliphatic rings. The summed E-state index contributed by atoms with van der Waals surface area (Å²) in [6.07, 6.45) is 0.975. The third-order valence-electron chi connectivity index (χ3n) is 1.32. The van der Waals surface area contributed by atoms with Gasteiger partial charge in [0.15, 0.2) is 5.96 Å². The Labute approximate surface area is 110 Å². The van der Waals surface area contributed by atoms with Crippen LogP contribution in [0.3, 0.4) is 0 Å². The molecule has 0 spiro atoms. The maximum atomic E-state index is 10.2. The van der Waals surface area contributed by atoms with Crippen LogP contribution in [0.15, 0.2) is 0 Å². The van der Waals surface area contributed by atoms with Gasteiger partial charge in [-0.3, -0.25) is 10.2 Å². The largest absolute Gasteiger partial charge is 0.480 e. The van der Waals surface area contributed by atoms with E-state index in [0.717, 1.165) is 0 Å². The molecule has 10 nitrogen and oxygen atoms in total. The molecular weight excluding hydrogens is 291 g/mol. The zero-order valence-corrected chi connectivity index (χ0v) is 11.0. The molecule has 0 saturated carbocycles. The molecule has 0 rings (SSSR count). The molecule has 0 bridgehead atoms. The number of hydrogen-bond acceptors (Lipinski definition) is 4. The summed E-state index contributed by atoms with van der Waals surface area (Å²) in [5.41, 5.74) is 10.2. The minimum Gasteiger partial charge on any atom is -0.480 e. The summed E-state index contributed by atoms with van der Waals surface area (Å²) in [6, 6.07) is -0.821. The van der Waals surface area contributed by atoms with Gasteiger partial charge in [0, 0.05) is 6.54 Å². The molecule has 0 aromatic heterocycles. The van der Waals surface area contributed by atoms with Gasteiger partial charge in [-0.25, -0.2) is 4.57 Å². The van der Waals surface area contributed by atoms with Crippen LogP contribution in [0.1, 0.15) is 12.8 Å². The minimum absolute atomic E-state index is 0. The first kappa shape index (κ1) is 22.3. The van der Waals surface area contributed by atoms with E-state index >= 15 is 0 Å². The molecule has 0 saturated heterocycles. The highest BCUT2D eigenvalue weighted by molar-refractivity contribution is 7.45. The molecular formula is C6H18ClN4O6P. The SMILES string of the molecule is Cl.N=C(N)NCCCC(N)C(=O)O.O=P(O)(O)O. The number of halogens is 1. The zero-order chi connectivity index (χ0) is 14.1. The van der Waals surface area contributed by atoms with Crippen molar-refractivity contribution in [1.29, 1.82) is 5.41 Å². The first-order valence-corrected chi connectivity index (χ1v) is 5.95. The van der Waals surface area contributed by atoms with E-state index < -0.39 is 19.8 Å². The number of hydrogen-bond donors (Lipinski definition) is 8.